The molecule has 0 heterocycles. The first-order valence-corrected chi connectivity index (χ1v) is 6.55. The summed E-state index contributed by atoms with van der Waals surface area (Å²) < 4.78 is 0. The number of carbonyl (C=O) groups is 1. The predicted octanol–water partition coefficient (Wildman–Crippen LogP) is 3.80. The number of nitrogens with one attached hydrogen (secondary N) is 1. The molecule has 1 amide bonds. The standard InChI is InChI=1S/C17H19NO/c1-12(2)18-17(19)16-7-5-4-6-15(16)14-10-8-13(3)9-11-14/h4-12H,1-3H3,(H,18,19). The second-order valence-electron chi connectivity index (χ2n) is 5.04. The smallest absolute Gasteiger partial charge is 0.252 e. The molecule has 0 unspecified atom stereocenters. The Morgan fingerprint density at radius 2 is 1.63 bits per heavy atom. The van der Waals surface area contributed by atoms with Gasteiger partial charge in [-0.05, 0) is 38.0 Å². The zero-order valence-corrected chi connectivity index (χ0v) is 11.6. The molecule has 0 saturated carbocycles. The topological polar surface area (TPSA) is 29.1 Å². The van der Waals surface area contributed by atoms with Crippen LogP contribution in [-0.4, -0.2) is 11.9 Å². The maximum atomic E-state index is 12.2. The lowest BCUT2D eigenvalue weighted by Gasteiger charge is -2.12. The van der Waals surface area contributed by atoms with Crippen molar-refractivity contribution in [3.63, 3.8) is 0 Å². The molecular weight excluding hydrogens is 234 g/mol. The first-order chi connectivity index (χ1) is 9.08. The van der Waals surface area contributed by atoms with Gasteiger partial charge in [-0.1, -0.05) is 48.0 Å². The minimum atomic E-state index is -0.0221. The summed E-state index contributed by atoms with van der Waals surface area (Å²) in [5.74, 6) is -0.0221. The second-order valence-corrected chi connectivity index (χ2v) is 5.04. The second kappa shape index (κ2) is 5.70. The Kier molecular flexibility index (Phi) is 4.00. The number of aryl methyl sites for hydroxylation is 1. The summed E-state index contributed by atoms with van der Waals surface area (Å²) in [5.41, 5.74) is 3.98. The number of carbonyl (C=O) groups excluding carboxylic acids is 1. The summed E-state index contributed by atoms with van der Waals surface area (Å²) in [6.07, 6.45) is 0. The fourth-order valence-corrected chi connectivity index (χ4v) is 2.01. The minimum Gasteiger partial charge on any atom is -0.350 e. The summed E-state index contributed by atoms with van der Waals surface area (Å²) in [5, 5.41) is 2.94. The van der Waals surface area contributed by atoms with Gasteiger partial charge in [-0.2, -0.15) is 0 Å². The highest BCUT2D eigenvalue weighted by atomic mass is 16.1. The van der Waals surface area contributed by atoms with Gasteiger partial charge >= 0.3 is 0 Å². The Morgan fingerprint density at radius 3 is 2.26 bits per heavy atom. The van der Waals surface area contributed by atoms with Crippen LogP contribution < -0.4 is 5.32 Å². The Labute approximate surface area is 114 Å². The molecule has 0 radical (unpaired) electrons. The highest BCUT2D eigenvalue weighted by Crippen LogP contribution is 2.24. The average Bonchev–Trinajstić information content (AvgIpc) is 2.39. The Bertz CT molecular complexity index is 570. The van der Waals surface area contributed by atoms with E-state index in [1.54, 1.807) is 0 Å². The maximum absolute atomic E-state index is 12.2. The lowest BCUT2D eigenvalue weighted by Crippen LogP contribution is -2.30. The van der Waals surface area contributed by atoms with Crippen LogP contribution in [0.5, 0.6) is 0 Å². The molecule has 1 N–H and O–H groups in total. The molecule has 2 heteroatoms. The van der Waals surface area contributed by atoms with E-state index in [9.17, 15) is 4.79 Å². The summed E-state index contributed by atoms with van der Waals surface area (Å²) in [6.45, 7) is 5.99. The maximum Gasteiger partial charge on any atom is 0.252 e. The van der Waals surface area contributed by atoms with Crippen molar-refractivity contribution >= 4 is 5.91 Å². The average molecular weight is 253 g/mol. The summed E-state index contributed by atoms with van der Waals surface area (Å²) in [4.78, 5) is 12.2. The first kappa shape index (κ1) is 13.3. The fourth-order valence-electron chi connectivity index (χ4n) is 2.01. The van der Waals surface area contributed by atoms with Gasteiger partial charge in [-0.25, -0.2) is 0 Å². The van der Waals surface area contributed by atoms with Crippen molar-refractivity contribution in [3.05, 3.63) is 59.7 Å². The van der Waals surface area contributed by atoms with Crippen LogP contribution in [0.4, 0.5) is 0 Å². The summed E-state index contributed by atoms with van der Waals surface area (Å²) in [6, 6.07) is 16.1. The van der Waals surface area contributed by atoms with Gasteiger partial charge in [0.25, 0.3) is 5.91 Å². The highest BCUT2D eigenvalue weighted by molar-refractivity contribution is 6.01. The Morgan fingerprint density at radius 1 is 1.00 bits per heavy atom. The largest absolute Gasteiger partial charge is 0.350 e. The quantitative estimate of drug-likeness (QED) is 0.885. The van der Waals surface area contributed by atoms with Gasteiger partial charge in [-0.3, -0.25) is 4.79 Å². The monoisotopic (exact) mass is 253 g/mol. The molecule has 2 aromatic carbocycles. The van der Waals surface area contributed by atoms with E-state index >= 15 is 0 Å². The Hall–Kier alpha value is -2.09. The van der Waals surface area contributed by atoms with Crippen LogP contribution in [0.2, 0.25) is 0 Å². The normalized spacial score (nSPS) is 10.5. The van der Waals surface area contributed by atoms with E-state index in [0.29, 0.717) is 0 Å². The minimum absolute atomic E-state index is 0.0221. The summed E-state index contributed by atoms with van der Waals surface area (Å²) >= 11 is 0. The van der Waals surface area contributed by atoms with Crippen molar-refractivity contribution in [3.8, 4) is 11.1 Å². The van der Waals surface area contributed by atoms with Crippen LogP contribution in [0.1, 0.15) is 29.8 Å². The molecule has 0 spiro atoms. The third-order valence-electron chi connectivity index (χ3n) is 2.95. The molecule has 2 rings (SSSR count). The SMILES string of the molecule is Cc1ccc(-c2ccccc2C(=O)NC(C)C)cc1. The van der Waals surface area contributed by atoms with Crippen LogP contribution in [0.25, 0.3) is 11.1 Å². The fraction of sp³-hybridized carbons (Fsp3) is 0.235. The van der Waals surface area contributed by atoms with Crippen molar-refractivity contribution in [2.45, 2.75) is 26.8 Å². The number of hydrogen-bond donors (Lipinski definition) is 1. The lowest BCUT2D eigenvalue weighted by atomic mass is 9.98. The number of rotatable bonds is 3. The van der Waals surface area contributed by atoms with E-state index in [1.807, 2.05) is 38.1 Å². The molecule has 0 atom stereocenters. The van der Waals surface area contributed by atoms with Crippen LogP contribution in [0, 0.1) is 6.92 Å². The van der Waals surface area contributed by atoms with Crippen molar-refractivity contribution in [2.75, 3.05) is 0 Å². The molecular formula is C17H19NO. The van der Waals surface area contributed by atoms with Crippen LogP contribution in [0.3, 0.4) is 0 Å². The van der Waals surface area contributed by atoms with E-state index in [0.717, 1.165) is 16.7 Å². The molecule has 0 aromatic heterocycles. The third kappa shape index (κ3) is 3.22. The van der Waals surface area contributed by atoms with E-state index < -0.39 is 0 Å². The van der Waals surface area contributed by atoms with E-state index in [-0.39, 0.29) is 11.9 Å². The molecule has 0 aliphatic heterocycles. The predicted molar refractivity (Wildman–Crippen MR) is 79.2 cm³/mol. The molecule has 0 fully saturated rings. The zero-order chi connectivity index (χ0) is 13.8. The first-order valence-electron chi connectivity index (χ1n) is 6.55. The van der Waals surface area contributed by atoms with E-state index in [2.05, 4.69) is 36.5 Å². The third-order valence-corrected chi connectivity index (χ3v) is 2.95. The van der Waals surface area contributed by atoms with Crippen LogP contribution in [0.15, 0.2) is 48.5 Å². The summed E-state index contributed by atoms with van der Waals surface area (Å²) in [7, 11) is 0. The van der Waals surface area contributed by atoms with Gasteiger partial charge in [0, 0.05) is 11.6 Å². The molecule has 0 bridgehead atoms. The van der Waals surface area contributed by atoms with Crippen molar-refractivity contribution in [2.24, 2.45) is 0 Å². The van der Waals surface area contributed by atoms with E-state index in [4.69, 9.17) is 0 Å². The van der Waals surface area contributed by atoms with Gasteiger partial charge in [0.1, 0.15) is 0 Å². The molecule has 2 aromatic rings. The molecule has 2 nitrogen and oxygen atoms in total. The van der Waals surface area contributed by atoms with Crippen LogP contribution in [-0.2, 0) is 0 Å². The number of amides is 1. The van der Waals surface area contributed by atoms with Crippen molar-refractivity contribution < 1.29 is 4.79 Å². The lowest BCUT2D eigenvalue weighted by molar-refractivity contribution is 0.0944. The molecule has 0 saturated heterocycles. The van der Waals surface area contributed by atoms with Gasteiger partial charge < -0.3 is 5.32 Å². The molecule has 19 heavy (non-hydrogen) atoms. The molecule has 98 valence electrons. The van der Waals surface area contributed by atoms with E-state index in [1.165, 1.54) is 5.56 Å². The number of benzene rings is 2. The molecule has 0 aliphatic carbocycles. The molecule has 0 aliphatic rings. The zero-order valence-electron chi connectivity index (χ0n) is 11.6. The van der Waals surface area contributed by atoms with Gasteiger partial charge in [0.05, 0.1) is 0 Å². The number of hydrogen-bond acceptors (Lipinski definition) is 1. The van der Waals surface area contributed by atoms with Gasteiger partial charge in [-0.15, -0.1) is 0 Å². The highest BCUT2D eigenvalue weighted by Gasteiger charge is 2.12. The van der Waals surface area contributed by atoms with Crippen molar-refractivity contribution in [1.29, 1.82) is 0 Å². The Balaban J connectivity index is 2.41. The van der Waals surface area contributed by atoms with Crippen LogP contribution >= 0.6 is 0 Å². The van der Waals surface area contributed by atoms with Crippen molar-refractivity contribution in [1.82, 2.24) is 5.32 Å². The van der Waals surface area contributed by atoms with Gasteiger partial charge in [0.15, 0.2) is 0 Å². The van der Waals surface area contributed by atoms with Gasteiger partial charge in [0.2, 0.25) is 0 Å².